The first kappa shape index (κ1) is 24.3. The molecule has 0 bridgehead atoms. The molecule has 2 atom stereocenters. The van der Waals surface area contributed by atoms with Gasteiger partial charge in [-0.3, -0.25) is 14.5 Å². The van der Waals surface area contributed by atoms with Gasteiger partial charge >= 0.3 is 5.97 Å². The topological polar surface area (TPSA) is 169 Å². The number of rotatable bonds is 11. The van der Waals surface area contributed by atoms with Crippen LogP contribution in [0.25, 0.3) is 0 Å². The molecule has 2 aliphatic rings. The SMILES string of the molecule is CO[C@]1(NC(=O)CSC(F)F)C(=O)N2C(C(=O)O)=C(CSc3nnnn3CCO)CO[C@H]21. The number of fused-ring (bicyclic) bond motifs is 1. The number of thioether (sulfide) groups is 2. The molecule has 32 heavy (non-hydrogen) atoms. The van der Waals surface area contributed by atoms with Crippen molar-refractivity contribution in [2.24, 2.45) is 0 Å². The van der Waals surface area contributed by atoms with E-state index < -0.39 is 41.2 Å². The standard InChI is InChI=1S/C15H18F2N6O7S2/c1-29-15(18-8(25)6-31-13(16)17)11(28)23-9(10(26)27)7(4-30-12(15)23)5-32-14-19-20-21-22(14)2-3-24/h12-13,24H,2-6H2,1H3,(H,18,25)(H,26,27)/t12-,15+/m0/s1. The van der Waals surface area contributed by atoms with E-state index in [1.54, 1.807) is 0 Å². The average Bonchev–Trinajstić information content (AvgIpc) is 3.20. The van der Waals surface area contributed by atoms with Gasteiger partial charge < -0.3 is 25.0 Å². The number of nitrogens with zero attached hydrogens (tertiary/aromatic N) is 5. The number of aliphatic hydroxyl groups excluding tert-OH is 1. The van der Waals surface area contributed by atoms with Crippen molar-refractivity contribution >= 4 is 41.3 Å². The molecule has 1 aromatic heterocycles. The van der Waals surface area contributed by atoms with Gasteiger partial charge in [0.05, 0.1) is 25.5 Å². The summed E-state index contributed by atoms with van der Waals surface area (Å²) in [4.78, 5) is 37.6. The van der Waals surface area contributed by atoms with E-state index in [4.69, 9.17) is 14.6 Å². The molecule has 1 aromatic rings. The van der Waals surface area contributed by atoms with Crippen LogP contribution in [0, 0.1) is 0 Å². The summed E-state index contributed by atoms with van der Waals surface area (Å²) in [6.07, 6.45) is -1.29. The molecule has 3 N–H and O–H groups in total. The molecule has 3 heterocycles. The third-order valence-electron chi connectivity index (χ3n) is 4.49. The third kappa shape index (κ3) is 4.56. The van der Waals surface area contributed by atoms with Gasteiger partial charge in [-0.05, 0) is 16.0 Å². The molecule has 0 radical (unpaired) electrons. The molecule has 176 valence electrons. The zero-order valence-corrected chi connectivity index (χ0v) is 18.1. The van der Waals surface area contributed by atoms with Crippen LogP contribution in [0.4, 0.5) is 8.78 Å². The fourth-order valence-electron chi connectivity index (χ4n) is 3.12. The van der Waals surface area contributed by atoms with Gasteiger partial charge in [0.1, 0.15) is 5.70 Å². The maximum Gasteiger partial charge on any atom is 0.352 e. The first-order valence-corrected chi connectivity index (χ1v) is 10.9. The van der Waals surface area contributed by atoms with Crippen molar-refractivity contribution < 1.29 is 42.9 Å². The van der Waals surface area contributed by atoms with Gasteiger partial charge in [-0.25, -0.2) is 9.48 Å². The van der Waals surface area contributed by atoms with Gasteiger partial charge in [-0.15, -0.1) is 5.10 Å². The maximum absolute atomic E-state index is 12.8. The Morgan fingerprint density at radius 2 is 2.22 bits per heavy atom. The molecule has 2 amide bonds. The van der Waals surface area contributed by atoms with E-state index in [-0.39, 0.29) is 48.5 Å². The minimum Gasteiger partial charge on any atom is -0.477 e. The number of aliphatic hydroxyl groups is 1. The molecule has 0 aromatic carbocycles. The molecular weight excluding hydrogens is 478 g/mol. The number of carboxylic acids is 1. The number of halogens is 2. The second-order valence-electron chi connectivity index (χ2n) is 6.35. The third-order valence-corrected chi connectivity index (χ3v) is 6.21. The van der Waals surface area contributed by atoms with Gasteiger partial charge in [0.2, 0.25) is 11.1 Å². The maximum atomic E-state index is 12.8. The van der Waals surface area contributed by atoms with Crippen molar-refractivity contribution in [1.29, 1.82) is 0 Å². The highest BCUT2D eigenvalue weighted by Crippen LogP contribution is 2.41. The Labute approximate surface area is 187 Å². The zero-order valence-electron chi connectivity index (χ0n) is 16.4. The van der Waals surface area contributed by atoms with E-state index in [1.165, 1.54) is 4.68 Å². The van der Waals surface area contributed by atoms with Crippen LogP contribution in [-0.4, -0.2) is 103 Å². The van der Waals surface area contributed by atoms with Crippen LogP contribution in [0.3, 0.4) is 0 Å². The predicted octanol–water partition coefficient (Wildman–Crippen LogP) is -1.29. The average molecular weight is 496 g/mol. The number of alkyl halides is 2. The summed E-state index contributed by atoms with van der Waals surface area (Å²) in [6.45, 7) is -0.268. The largest absolute Gasteiger partial charge is 0.477 e. The lowest BCUT2D eigenvalue weighted by Gasteiger charge is -2.55. The summed E-state index contributed by atoms with van der Waals surface area (Å²) in [6, 6.07) is 0. The van der Waals surface area contributed by atoms with E-state index in [0.717, 1.165) is 23.8 Å². The molecular formula is C15H18F2N6O7S2. The Morgan fingerprint density at radius 1 is 1.47 bits per heavy atom. The molecule has 0 spiro atoms. The number of hydrogen-bond donors (Lipinski definition) is 3. The molecule has 0 aliphatic carbocycles. The highest BCUT2D eigenvalue weighted by molar-refractivity contribution is 8.00. The summed E-state index contributed by atoms with van der Waals surface area (Å²) in [5.41, 5.74) is -2.12. The lowest BCUT2D eigenvalue weighted by molar-refractivity contribution is -0.257. The second-order valence-corrected chi connectivity index (χ2v) is 8.27. The Kier molecular flexibility index (Phi) is 7.65. The van der Waals surface area contributed by atoms with E-state index >= 15 is 0 Å². The van der Waals surface area contributed by atoms with Crippen LogP contribution in [0.15, 0.2) is 16.4 Å². The predicted molar refractivity (Wildman–Crippen MR) is 103 cm³/mol. The number of carbonyl (C=O) groups is 3. The highest BCUT2D eigenvalue weighted by atomic mass is 32.2. The van der Waals surface area contributed by atoms with Crippen LogP contribution in [-0.2, 0) is 30.4 Å². The monoisotopic (exact) mass is 496 g/mol. The summed E-state index contributed by atoms with van der Waals surface area (Å²) >= 11 is 1.14. The van der Waals surface area contributed by atoms with Crippen LogP contribution >= 0.6 is 23.5 Å². The highest BCUT2D eigenvalue weighted by Gasteiger charge is 2.67. The molecule has 2 aliphatic heterocycles. The van der Waals surface area contributed by atoms with E-state index in [9.17, 15) is 28.3 Å². The number of aliphatic carboxylic acids is 1. The number of amides is 2. The molecule has 0 unspecified atom stereocenters. The van der Waals surface area contributed by atoms with Crippen LogP contribution in [0.2, 0.25) is 0 Å². The van der Waals surface area contributed by atoms with Crippen LogP contribution in [0.1, 0.15) is 0 Å². The zero-order chi connectivity index (χ0) is 23.5. The van der Waals surface area contributed by atoms with E-state index in [0.29, 0.717) is 5.16 Å². The van der Waals surface area contributed by atoms with E-state index in [2.05, 4.69) is 20.8 Å². The Balaban J connectivity index is 1.77. The minimum absolute atomic E-state index is 0.0569. The van der Waals surface area contributed by atoms with Gasteiger partial charge in [0, 0.05) is 12.9 Å². The van der Waals surface area contributed by atoms with Crippen molar-refractivity contribution in [2.45, 2.75) is 29.4 Å². The van der Waals surface area contributed by atoms with Gasteiger partial charge in [0.25, 0.3) is 17.4 Å². The number of β-lactam (4-membered cyclic amide) rings is 1. The Bertz CT molecular complexity index is 932. The number of methoxy groups -OCH3 is 1. The number of tetrazole rings is 1. The van der Waals surface area contributed by atoms with Crippen molar-refractivity contribution in [3.63, 3.8) is 0 Å². The molecule has 1 saturated heterocycles. The van der Waals surface area contributed by atoms with Crippen molar-refractivity contribution in [3.8, 4) is 0 Å². The first-order valence-electron chi connectivity index (χ1n) is 8.91. The minimum atomic E-state index is -2.78. The molecule has 3 rings (SSSR count). The molecule has 1 fully saturated rings. The Hall–Kier alpha value is -2.34. The van der Waals surface area contributed by atoms with Crippen LogP contribution < -0.4 is 5.32 Å². The summed E-state index contributed by atoms with van der Waals surface area (Å²) in [5.74, 6) is -6.56. The molecule has 13 nitrogen and oxygen atoms in total. The number of ether oxygens (including phenoxy) is 2. The molecule has 0 saturated carbocycles. The second kappa shape index (κ2) is 10.1. The molecule has 17 heteroatoms. The fraction of sp³-hybridized carbons (Fsp3) is 0.600. The smallest absolute Gasteiger partial charge is 0.352 e. The van der Waals surface area contributed by atoms with Crippen LogP contribution in [0.5, 0.6) is 0 Å². The summed E-state index contributed by atoms with van der Waals surface area (Å²) < 4.78 is 36.7. The van der Waals surface area contributed by atoms with Crippen molar-refractivity contribution in [3.05, 3.63) is 11.3 Å². The lowest BCUT2D eigenvalue weighted by Crippen LogP contribution is -2.82. The van der Waals surface area contributed by atoms with Crippen molar-refractivity contribution in [1.82, 2.24) is 30.4 Å². The quantitative estimate of drug-likeness (QED) is 0.189. The summed E-state index contributed by atoms with van der Waals surface area (Å²) in [7, 11) is 1.11. The normalized spacial score (nSPS) is 22.7. The van der Waals surface area contributed by atoms with Gasteiger partial charge in [-0.2, -0.15) is 8.78 Å². The number of carboxylic acid groups (broad SMARTS) is 1. The number of aromatic nitrogens is 4. The van der Waals surface area contributed by atoms with E-state index in [1.807, 2.05) is 0 Å². The number of carbonyl (C=O) groups excluding carboxylic acids is 2. The first-order chi connectivity index (χ1) is 15.2. The lowest BCUT2D eigenvalue weighted by atomic mass is 9.94. The summed E-state index contributed by atoms with van der Waals surface area (Å²) in [5, 5.41) is 32.3. The fourth-order valence-corrected chi connectivity index (χ4v) is 4.37. The van der Waals surface area contributed by atoms with Crippen molar-refractivity contribution in [2.75, 3.05) is 31.8 Å². The number of nitrogens with one attached hydrogen (secondary N) is 1. The number of hydrogen-bond acceptors (Lipinski definition) is 11. The van der Waals surface area contributed by atoms with Gasteiger partial charge in [0.15, 0.2) is 6.23 Å². The Morgan fingerprint density at radius 3 is 2.84 bits per heavy atom. The van der Waals surface area contributed by atoms with Gasteiger partial charge in [-0.1, -0.05) is 23.5 Å².